The van der Waals surface area contributed by atoms with Gasteiger partial charge in [0.1, 0.15) is 16.4 Å². The van der Waals surface area contributed by atoms with Crippen molar-refractivity contribution in [3.05, 3.63) is 82.9 Å². The predicted molar refractivity (Wildman–Crippen MR) is 101 cm³/mol. The topological polar surface area (TPSA) is 48.1 Å². The van der Waals surface area contributed by atoms with E-state index in [1.54, 1.807) is 6.20 Å². The molecular weight excluding hydrogens is 351 g/mol. The van der Waals surface area contributed by atoms with Crippen molar-refractivity contribution < 1.29 is 9.13 Å². The summed E-state index contributed by atoms with van der Waals surface area (Å²) in [4.78, 5) is 3.35. The van der Waals surface area contributed by atoms with E-state index < -0.39 is 4.87 Å². The first-order valence-corrected chi connectivity index (χ1v) is 8.74. The molecule has 4 rings (SSSR count). The number of benzene rings is 2. The van der Waals surface area contributed by atoms with Gasteiger partial charge in [0.05, 0.1) is 12.8 Å². The average molecular weight is 369 g/mol. The lowest BCUT2D eigenvalue weighted by molar-refractivity contribution is 0.413. The number of ether oxygens (including phenoxy) is 1. The predicted octanol–water partition coefficient (Wildman–Crippen LogP) is 4.76. The number of nitrogens with zero attached hydrogens (tertiary/aromatic N) is 1. The molecule has 1 aliphatic rings. The summed E-state index contributed by atoms with van der Waals surface area (Å²) >= 11 is 6.92. The molecule has 26 heavy (non-hydrogen) atoms. The van der Waals surface area contributed by atoms with Crippen molar-refractivity contribution in [1.82, 2.24) is 4.98 Å². The molecule has 2 atom stereocenters. The van der Waals surface area contributed by atoms with E-state index in [0.717, 1.165) is 27.9 Å². The maximum absolute atomic E-state index is 14.7. The van der Waals surface area contributed by atoms with Crippen molar-refractivity contribution in [3.63, 3.8) is 0 Å². The molecule has 0 aliphatic heterocycles. The largest absolute Gasteiger partial charge is 0.496 e. The van der Waals surface area contributed by atoms with E-state index in [-0.39, 0.29) is 11.9 Å². The van der Waals surface area contributed by atoms with Crippen molar-refractivity contribution in [2.24, 2.45) is 5.73 Å². The van der Waals surface area contributed by atoms with Crippen molar-refractivity contribution in [2.45, 2.75) is 17.8 Å². The summed E-state index contributed by atoms with van der Waals surface area (Å²) in [5.74, 6) is 0.0953. The molecule has 5 heteroatoms. The van der Waals surface area contributed by atoms with Gasteiger partial charge in [-0.05, 0) is 18.6 Å². The van der Waals surface area contributed by atoms with Crippen molar-refractivity contribution in [2.75, 3.05) is 7.11 Å². The number of aromatic nitrogens is 1. The summed E-state index contributed by atoms with van der Waals surface area (Å²) in [6.07, 6.45) is 1.67. The molecule has 0 radical (unpaired) electrons. The van der Waals surface area contributed by atoms with Gasteiger partial charge in [0, 0.05) is 40.6 Å². The second-order valence-corrected chi connectivity index (χ2v) is 7.04. The van der Waals surface area contributed by atoms with E-state index in [2.05, 4.69) is 4.98 Å². The SMILES string of the molecule is COc1cc(F)c2c(c1-c1ccccc1)C2(Cl)c1ccc(C(C)N)nc1. The highest BCUT2D eigenvalue weighted by Gasteiger charge is 2.56. The maximum atomic E-state index is 14.7. The first-order valence-electron chi connectivity index (χ1n) is 8.36. The van der Waals surface area contributed by atoms with E-state index in [4.69, 9.17) is 22.1 Å². The third-order valence-electron chi connectivity index (χ3n) is 4.80. The summed E-state index contributed by atoms with van der Waals surface area (Å²) < 4.78 is 20.1. The van der Waals surface area contributed by atoms with Gasteiger partial charge in [-0.2, -0.15) is 0 Å². The van der Waals surface area contributed by atoms with E-state index in [1.807, 2.05) is 49.4 Å². The molecule has 1 aliphatic carbocycles. The fourth-order valence-corrected chi connectivity index (χ4v) is 3.88. The van der Waals surface area contributed by atoms with Crippen LogP contribution in [0.25, 0.3) is 11.1 Å². The first kappa shape index (κ1) is 17.0. The number of nitrogens with two attached hydrogens (primary N) is 1. The standard InChI is InChI=1S/C21H18ClFN2O/c1-12(24)16-9-8-14(11-25-16)21(22)19-15(23)10-17(26-2)18(20(19)21)13-6-4-3-5-7-13/h3-12H,24H2,1-2H3. The highest BCUT2D eigenvalue weighted by molar-refractivity contribution is 6.33. The van der Waals surface area contributed by atoms with Gasteiger partial charge in [-0.3, -0.25) is 4.98 Å². The number of fused-ring (bicyclic) bond motifs is 1. The molecule has 0 amide bonds. The zero-order chi connectivity index (χ0) is 18.5. The zero-order valence-electron chi connectivity index (χ0n) is 14.5. The number of hydrogen-bond donors (Lipinski definition) is 1. The smallest absolute Gasteiger partial charge is 0.132 e. The van der Waals surface area contributed by atoms with Crippen LogP contribution in [0.5, 0.6) is 5.75 Å². The Labute approximate surface area is 156 Å². The Morgan fingerprint density at radius 3 is 2.46 bits per heavy atom. The van der Waals surface area contributed by atoms with Crippen LogP contribution in [0.15, 0.2) is 54.7 Å². The molecule has 2 unspecified atom stereocenters. The zero-order valence-corrected chi connectivity index (χ0v) is 15.2. The Hall–Kier alpha value is -2.43. The van der Waals surface area contributed by atoms with Crippen LogP contribution in [0.3, 0.4) is 0 Å². The lowest BCUT2D eigenvalue weighted by Crippen LogP contribution is -2.09. The van der Waals surface area contributed by atoms with E-state index >= 15 is 0 Å². The van der Waals surface area contributed by atoms with Crippen LogP contribution >= 0.6 is 11.6 Å². The molecule has 3 aromatic rings. The molecule has 1 heterocycles. The van der Waals surface area contributed by atoms with Crippen LogP contribution in [0.1, 0.15) is 35.3 Å². The molecule has 0 spiro atoms. The van der Waals surface area contributed by atoms with Crippen LogP contribution < -0.4 is 10.5 Å². The molecule has 0 bridgehead atoms. The molecule has 0 saturated heterocycles. The fourth-order valence-electron chi connectivity index (χ4n) is 3.44. The van der Waals surface area contributed by atoms with Gasteiger partial charge in [-0.25, -0.2) is 4.39 Å². The Bertz CT molecular complexity index is 974. The minimum atomic E-state index is -1.03. The van der Waals surface area contributed by atoms with Crippen LogP contribution in [-0.2, 0) is 4.87 Å². The Balaban J connectivity index is 1.88. The number of hydrogen-bond acceptors (Lipinski definition) is 3. The molecular formula is C21H18ClFN2O. The Morgan fingerprint density at radius 2 is 1.88 bits per heavy atom. The number of pyridine rings is 1. The molecule has 1 aromatic heterocycles. The first-order chi connectivity index (χ1) is 12.5. The summed E-state index contributed by atoms with van der Waals surface area (Å²) in [6, 6.07) is 14.6. The van der Waals surface area contributed by atoms with Crippen LogP contribution in [-0.4, -0.2) is 12.1 Å². The minimum absolute atomic E-state index is 0.173. The third kappa shape index (κ3) is 2.41. The number of halogens is 2. The van der Waals surface area contributed by atoms with Crippen LogP contribution in [0.2, 0.25) is 0 Å². The monoisotopic (exact) mass is 368 g/mol. The van der Waals surface area contributed by atoms with Gasteiger partial charge in [0.2, 0.25) is 0 Å². The number of alkyl halides is 1. The van der Waals surface area contributed by atoms with Crippen LogP contribution in [0, 0.1) is 5.82 Å². The third-order valence-corrected chi connectivity index (χ3v) is 5.40. The summed E-state index contributed by atoms with van der Waals surface area (Å²) in [7, 11) is 1.53. The average Bonchev–Trinajstić information content (AvgIpc) is 3.30. The van der Waals surface area contributed by atoms with E-state index in [0.29, 0.717) is 11.3 Å². The normalized spacial score (nSPS) is 19.0. The molecule has 3 nitrogen and oxygen atoms in total. The Kier molecular flexibility index (Phi) is 3.98. The van der Waals surface area contributed by atoms with Gasteiger partial charge in [0.15, 0.2) is 0 Å². The van der Waals surface area contributed by atoms with Crippen molar-refractivity contribution in [3.8, 4) is 16.9 Å². The maximum Gasteiger partial charge on any atom is 0.132 e. The lowest BCUT2D eigenvalue weighted by Gasteiger charge is -2.12. The molecule has 0 saturated carbocycles. The Morgan fingerprint density at radius 1 is 1.15 bits per heavy atom. The molecule has 0 fully saturated rings. The molecule has 132 valence electrons. The summed E-state index contributed by atoms with van der Waals surface area (Å²) in [5, 5.41) is 0. The highest BCUT2D eigenvalue weighted by Crippen LogP contribution is 2.64. The second-order valence-electron chi connectivity index (χ2n) is 6.47. The molecule has 2 aromatic carbocycles. The van der Waals surface area contributed by atoms with Crippen molar-refractivity contribution in [1.29, 1.82) is 0 Å². The summed E-state index contributed by atoms with van der Waals surface area (Å²) in [5.41, 5.74) is 10.3. The van der Waals surface area contributed by atoms with Gasteiger partial charge in [-0.15, -0.1) is 11.6 Å². The molecule has 2 N–H and O–H groups in total. The highest BCUT2D eigenvalue weighted by atomic mass is 35.5. The van der Waals surface area contributed by atoms with E-state index in [1.165, 1.54) is 13.2 Å². The fraction of sp³-hybridized carbons (Fsp3) is 0.190. The van der Waals surface area contributed by atoms with E-state index in [9.17, 15) is 4.39 Å². The number of methoxy groups -OCH3 is 1. The van der Waals surface area contributed by atoms with Crippen LogP contribution in [0.4, 0.5) is 4.39 Å². The van der Waals surface area contributed by atoms with Gasteiger partial charge in [-0.1, -0.05) is 36.4 Å². The van der Waals surface area contributed by atoms with Gasteiger partial charge < -0.3 is 10.5 Å². The minimum Gasteiger partial charge on any atom is -0.496 e. The van der Waals surface area contributed by atoms with Gasteiger partial charge >= 0.3 is 0 Å². The van der Waals surface area contributed by atoms with Gasteiger partial charge in [0.25, 0.3) is 0 Å². The second kappa shape index (κ2) is 6.08. The quantitative estimate of drug-likeness (QED) is 0.675. The number of rotatable bonds is 4. The summed E-state index contributed by atoms with van der Waals surface area (Å²) in [6.45, 7) is 1.86. The lowest BCUT2D eigenvalue weighted by atomic mass is 10.0. The van der Waals surface area contributed by atoms with Crippen molar-refractivity contribution >= 4 is 11.6 Å².